The van der Waals surface area contributed by atoms with E-state index in [-0.39, 0.29) is 18.0 Å². The molecular formula is C14H19ClFNO. The van der Waals surface area contributed by atoms with Crippen LogP contribution in [0.5, 0.6) is 0 Å². The van der Waals surface area contributed by atoms with Crippen molar-refractivity contribution >= 4 is 11.6 Å². The first-order chi connectivity index (χ1) is 8.66. The number of hydrogen-bond donors (Lipinski definition) is 1. The molecule has 1 aliphatic rings. The molecule has 4 heteroatoms. The normalized spacial score (nSPS) is 24.8. The summed E-state index contributed by atoms with van der Waals surface area (Å²) in [6.45, 7) is 0.328. The Kier molecular flexibility index (Phi) is 4.98. The molecule has 2 atom stereocenters. The molecule has 18 heavy (non-hydrogen) atoms. The summed E-state index contributed by atoms with van der Waals surface area (Å²) >= 11 is 6.00. The first-order valence-electron chi connectivity index (χ1n) is 6.48. The Bertz CT molecular complexity index is 399. The predicted molar refractivity (Wildman–Crippen MR) is 71.0 cm³/mol. The van der Waals surface area contributed by atoms with Gasteiger partial charge in [-0.05, 0) is 36.6 Å². The third kappa shape index (κ3) is 3.67. The SMILES string of the molecule is NC1CCCCCC1OCc1cc(F)ccc1Cl. The van der Waals surface area contributed by atoms with Crippen LogP contribution in [0.3, 0.4) is 0 Å². The van der Waals surface area contributed by atoms with Crippen molar-refractivity contribution in [3.8, 4) is 0 Å². The molecule has 1 aliphatic carbocycles. The molecule has 0 heterocycles. The van der Waals surface area contributed by atoms with Gasteiger partial charge in [0.15, 0.2) is 0 Å². The summed E-state index contributed by atoms with van der Waals surface area (Å²) in [5, 5.41) is 0.540. The lowest BCUT2D eigenvalue weighted by molar-refractivity contribution is 0.0194. The Morgan fingerprint density at radius 3 is 2.89 bits per heavy atom. The summed E-state index contributed by atoms with van der Waals surface area (Å²) < 4.78 is 18.9. The molecule has 1 saturated carbocycles. The lowest BCUT2D eigenvalue weighted by atomic mass is 10.1. The van der Waals surface area contributed by atoms with Crippen LogP contribution in [0, 0.1) is 5.82 Å². The molecule has 1 aromatic rings. The summed E-state index contributed by atoms with van der Waals surface area (Å²) in [7, 11) is 0. The minimum Gasteiger partial charge on any atom is -0.372 e. The minimum absolute atomic E-state index is 0.0619. The quantitative estimate of drug-likeness (QED) is 0.852. The average Bonchev–Trinajstić information content (AvgIpc) is 2.55. The van der Waals surface area contributed by atoms with E-state index in [2.05, 4.69) is 0 Å². The molecule has 1 aromatic carbocycles. The average molecular weight is 272 g/mol. The van der Waals surface area contributed by atoms with Gasteiger partial charge in [0.1, 0.15) is 5.82 Å². The number of hydrogen-bond acceptors (Lipinski definition) is 2. The molecule has 0 spiro atoms. The fourth-order valence-electron chi connectivity index (χ4n) is 2.36. The van der Waals surface area contributed by atoms with Gasteiger partial charge in [0, 0.05) is 11.1 Å². The predicted octanol–water partition coefficient (Wildman–Crippen LogP) is 3.66. The summed E-state index contributed by atoms with van der Waals surface area (Å²) in [6, 6.07) is 4.41. The van der Waals surface area contributed by atoms with Crippen molar-refractivity contribution in [3.63, 3.8) is 0 Å². The van der Waals surface area contributed by atoms with Crippen LogP contribution in [0.1, 0.15) is 37.7 Å². The van der Waals surface area contributed by atoms with Gasteiger partial charge in [-0.2, -0.15) is 0 Å². The summed E-state index contributed by atoms with van der Waals surface area (Å²) in [5.41, 5.74) is 6.77. The molecule has 0 bridgehead atoms. The van der Waals surface area contributed by atoms with Crippen molar-refractivity contribution in [3.05, 3.63) is 34.6 Å². The fourth-order valence-corrected chi connectivity index (χ4v) is 2.53. The van der Waals surface area contributed by atoms with Crippen LogP contribution in [0.25, 0.3) is 0 Å². The molecule has 2 unspecified atom stereocenters. The van der Waals surface area contributed by atoms with Crippen molar-refractivity contribution in [1.82, 2.24) is 0 Å². The van der Waals surface area contributed by atoms with Crippen LogP contribution in [0.4, 0.5) is 4.39 Å². The maximum absolute atomic E-state index is 13.1. The molecule has 0 radical (unpaired) electrons. The number of benzene rings is 1. The number of ether oxygens (including phenoxy) is 1. The molecular weight excluding hydrogens is 253 g/mol. The maximum atomic E-state index is 13.1. The smallest absolute Gasteiger partial charge is 0.123 e. The van der Waals surface area contributed by atoms with Crippen molar-refractivity contribution in [1.29, 1.82) is 0 Å². The van der Waals surface area contributed by atoms with Gasteiger partial charge < -0.3 is 10.5 Å². The van der Waals surface area contributed by atoms with Gasteiger partial charge in [-0.3, -0.25) is 0 Å². The van der Waals surface area contributed by atoms with Gasteiger partial charge in [0.2, 0.25) is 0 Å². The van der Waals surface area contributed by atoms with Crippen LogP contribution >= 0.6 is 11.6 Å². The van der Waals surface area contributed by atoms with E-state index in [0.717, 1.165) is 19.3 Å². The van der Waals surface area contributed by atoms with Crippen molar-refractivity contribution in [2.24, 2.45) is 5.73 Å². The Morgan fingerprint density at radius 2 is 2.06 bits per heavy atom. The number of halogens is 2. The monoisotopic (exact) mass is 271 g/mol. The highest BCUT2D eigenvalue weighted by atomic mass is 35.5. The van der Waals surface area contributed by atoms with Crippen LogP contribution in [-0.4, -0.2) is 12.1 Å². The Labute approximate surface area is 112 Å². The number of rotatable bonds is 3. The van der Waals surface area contributed by atoms with E-state index in [0.29, 0.717) is 17.2 Å². The largest absolute Gasteiger partial charge is 0.372 e. The highest BCUT2D eigenvalue weighted by molar-refractivity contribution is 6.31. The highest BCUT2D eigenvalue weighted by Crippen LogP contribution is 2.23. The van der Waals surface area contributed by atoms with Crippen LogP contribution in [0.2, 0.25) is 5.02 Å². The summed E-state index contributed by atoms with van der Waals surface area (Å²) in [5.74, 6) is -0.289. The molecule has 2 N–H and O–H groups in total. The van der Waals surface area contributed by atoms with Gasteiger partial charge in [-0.1, -0.05) is 30.9 Å². The Hall–Kier alpha value is -0.640. The minimum atomic E-state index is -0.289. The van der Waals surface area contributed by atoms with E-state index in [1.54, 1.807) is 6.07 Å². The van der Waals surface area contributed by atoms with Gasteiger partial charge in [0.05, 0.1) is 12.7 Å². The summed E-state index contributed by atoms with van der Waals surface area (Å²) in [4.78, 5) is 0. The topological polar surface area (TPSA) is 35.2 Å². The lowest BCUT2D eigenvalue weighted by Gasteiger charge is -2.22. The molecule has 2 rings (SSSR count). The molecule has 1 fully saturated rings. The van der Waals surface area contributed by atoms with E-state index in [1.165, 1.54) is 25.0 Å². The molecule has 0 saturated heterocycles. The zero-order valence-electron chi connectivity index (χ0n) is 10.4. The van der Waals surface area contributed by atoms with Gasteiger partial charge in [-0.25, -0.2) is 4.39 Å². The second-order valence-electron chi connectivity index (χ2n) is 4.89. The molecule has 0 amide bonds. The maximum Gasteiger partial charge on any atom is 0.123 e. The third-order valence-electron chi connectivity index (χ3n) is 3.46. The standard InChI is InChI=1S/C14H19ClFNO/c15-12-7-6-11(16)8-10(12)9-18-14-5-3-1-2-4-13(14)17/h6-8,13-14H,1-5,9,17H2. The van der Waals surface area contributed by atoms with E-state index in [9.17, 15) is 4.39 Å². The van der Waals surface area contributed by atoms with Crippen molar-refractivity contribution in [2.75, 3.05) is 0 Å². The van der Waals surface area contributed by atoms with Crippen LogP contribution in [-0.2, 0) is 11.3 Å². The number of nitrogens with two attached hydrogens (primary N) is 1. The third-order valence-corrected chi connectivity index (χ3v) is 3.83. The zero-order chi connectivity index (χ0) is 13.0. The molecule has 100 valence electrons. The molecule has 2 nitrogen and oxygen atoms in total. The second kappa shape index (κ2) is 6.50. The van der Waals surface area contributed by atoms with Crippen LogP contribution in [0.15, 0.2) is 18.2 Å². The summed E-state index contributed by atoms with van der Waals surface area (Å²) in [6.07, 6.45) is 5.58. The first kappa shape index (κ1) is 13.8. The van der Waals surface area contributed by atoms with Gasteiger partial charge in [-0.15, -0.1) is 0 Å². The lowest BCUT2D eigenvalue weighted by Crippen LogP contribution is -2.35. The van der Waals surface area contributed by atoms with Gasteiger partial charge >= 0.3 is 0 Å². The van der Waals surface area contributed by atoms with Gasteiger partial charge in [0.25, 0.3) is 0 Å². The van der Waals surface area contributed by atoms with Crippen molar-refractivity contribution in [2.45, 2.75) is 50.9 Å². The Balaban J connectivity index is 1.95. The van der Waals surface area contributed by atoms with E-state index >= 15 is 0 Å². The fraction of sp³-hybridized carbons (Fsp3) is 0.571. The van der Waals surface area contributed by atoms with Crippen LogP contribution < -0.4 is 5.73 Å². The van der Waals surface area contributed by atoms with Crippen molar-refractivity contribution < 1.29 is 9.13 Å². The molecule has 0 aromatic heterocycles. The van der Waals surface area contributed by atoms with E-state index in [1.807, 2.05) is 0 Å². The Morgan fingerprint density at radius 1 is 1.28 bits per heavy atom. The van der Waals surface area contributed by atoms with E-state index < -0.39 is 0 Å². The zero-order valence-corrected chi connectivity index (χ0v) is 11.1. The second-order valence-corrected chi connectivity index (χ2v) is 5.29. The van der Waals surface area contributed by atoms with E-state index in [4.69, 9.17) is 22.1 Å². The highest BCUT2D eigenvalue weighted by Gasteiger charge is 2.21. The molecule has 0 aliphatic heterocycles. The first-order valence-corrected chi connectivity index (χ1v) is 6.86.